The van der Waals surface area contributed by atoms with Crippen molar-refractivity contribution in [1.29, 1.82) is 0 Å². The number of halogens is 1. The number of amides is 1. The van der Waals surface area contributed by atoms with Gasteiger partial charge in [0.05, 0.1) is 11.8 Å². The van der Waals surface area contributed by atoms with Crippen LogP contribution < -0.4 is 5.32 Å². The molecule has 4 aromatic carbocycles. The van der Waals surface area contributed by atoms with Crippen LogP contribution in [0, 0.1) is 3.57 Å². The van der Waals surface area contributed by atoms with E-state index in [1.165, 1.54) is 0 Å². The van der Waals surface area contributed by atoms with Gasteiger partial charge in [-0.1, -0.05) is 103 Å². The van der Waals surface area contributed by atoms with E-state index in [1.54, 1.807) is 0 Å². The van der Waals surface area contributed by atoms with Crippen molar-refractivity contribution in [1.82, 2.24) is 5.32 Å². The van der Waals surface area contributed by atoms with Crippen molar-refractivity contribution >= 4 is 34.2 Å². The van der Waals surface area contributed by atoms with Gasteiger partial charge in [-0.05, 0) is 52.8 Å². The highest BCUT2D eigenvalue weighted by Crippen LogP contribution is 2.18. The third-order valence-corrected chi connectivity index (χ3v) is 6.33. The van der Waals surface area contributed by atoms with E-state index in [-0.39, 0.29) is 11.9 Å². The van der Waals surface area contributed by atoms with Crippen LogP contribution in [-0.4, -0.2) is 17.7 Å². The zero-order valence-electron chi connectivity index (χ0n) is 19.1. The van der Waals surface area contributed by atoms with Crippen LogP contribution in [0.1, 0.15) is 35.2 Å². The van der Waals surface area contributed by atoms with Gasteiger partial charge in [-0.15, -0.1) is 0 Å². The fraction of sp³-hybridized carbons (Fsp3) is 0.133. The predicted octanol–water partition coefficient (Wildman–Crippen LogP) is 6.62. The molecule has 4 aromatic rings. The van der Waals surface area contributed by atoms with Gasteiger partial charge >= 0.3 is 0 Å². The third-order valence-electron chi connectivity index (χ3n) is 5.66. The maximum Gasteiger partial charge on any atom is 0.245 e. The Morgan fingerprint density at radius 1 is 0.794 bits per heavy atom. The van der Waals surface area contributed by atoms with Crippen LogP contribution in [0.25, 0.3) is 0 Å². The Kier molecular flexibility index (Phi) is 8.26. The van der Waals surface area contributed by atoms with Crippen molar-refractivity contribution in [2.45, 2.75) is 25.4 Å². The lowest BCUT2D eigenvalue weighted by Crippen LogP contribution is -2.37. The maximum atomic E-state index is 13.6. The summed E-state index contributed by atoms with van der Waals surface area (Å²) in [6.45, 7) is 2.01. The van der Waals surface area contributed by atoms with Crippen LogP contribution in [0.15, 0.2) is 120 Å². The Balaban J connectivity index is 1.72. The molecule has 0 aliphatic rings. The summed E-state index contributed by atoms with van der Waals surface area (Å²) in [5.74, 6) is -0.0837. The second-order valence-corrected chi connectivity index (χ2v) is 9.45. The summed E-state index contributed by atoms with van der Waals surface area (Å²) in [4.78, 5) is 18.7. The number of nitrogens with one attached hydrogen (secondary N) is 1. The first-order valence-electron chi connectivity index (χ1n) is 11.4. The molecule has 3 nitrogen and oxygen atoms in total. The first kappa shape index (κ1) is 23.9. The van der Waals surface area contributed by atoms with Crippen molar-refractivity contribution in [2.24, 2.45) is 4.99 Å². The lowest BCUT2D eigenvalue weighted by atomic mass is 10.00. The number of carbonyl (C=O) groups excluding carboxylic acids is 1. The van der Waals surface area contributed by atoms with E-state index in [9.17, 15) is 4.79 Å². The van der Waals surface area contributed by atoms with E-state index in [2.05, 4.69) is 46.1 Å². The van der Waals surface area contributed by atoms with E-state index in [0.717, 1.165) is 31.5 Å². The summed E-state index contributed by atoms with van der Waals surface area (Å²) in [5, 5.41) is 3.19. The number of benzene rings is 4. The molecule has 0 aliphatic carbocycles. The molecular formula is C30H27IN2O. The van der Waals surface area contributed by atoms with Crippen LogP contribution in [0.2, 0.25) is 0 Å². The molecule has 0 aliphatic heterocycles. The molecule has 0 aromatic heterocycles. The highest BCUT2D eigenvalue weighted by Gasteiger charge is 2.22. The number of hydrogen-bond donors (Lipinski definition) is 1. The van der Waals surface area contributed by atoms with Crippen LogP contribution in [0.5, 0.6) is 0 Å². The molecule has 0 unspecified atom stereocenters. The minimum absolute atomic E-state index is 0.0837. The van der Waals surface area contributed by atoms with E-state index in [0.29, 0.717) is 6.42 Å². The predicted molar refractivity (Wildman–Crippen MR) is 148 cm³/mol. The Bertz CT molecular complexity index is 1200. The Labute approximate surface area is 215 Å². The summed E-state index contributed by atoms with van der Waals surface area (Å²) in [6, 6.07) is 37.7. The molecule has 4 rings (SSSR count). The van der Waals surface area contributed by atoms with E-state index >= 15 is 0 Å². The van der Waals surface area contributed by atoms with E-state index in [4.69, 9.17) is 4.99 Å². The van der Waals surface area contributed by atoms with Gasteiger partial charge in [0.2, 0.25) is 5.91 Å². The van der Waals surface area contributed by atoms with Crippen LogP contribution in [0.3, 0.4) is 0 Å². The number of carbonyl (C=O) groups is 1. The lowest BCUT2D eigenvalue weighted by molar-refractivity contribution is -0.122. The molecule has 0 saturated carbocycles. The summed E-state index contributed by atoms with van der Waals surface area (Å²) < 4.78 is 1.14. The van der Waals surface area contributed by atoms with E-state index < -0.39 is 6.04 Å². The standard InChI is InChI=1S/C30H27IN2O/c1-22(24-13-5-2-6-14-24)32-30(34)28(21-23-12-11-19-27(31)20-23)33-29(25-15-7-3-8-16-25)26-17-9-4-10-18-26/h2-20,22,28H,21H2,1H3,(H,32,34)/t22-,28-/m0/s1. The lowest BCUT2D eigenvalue weighted by Gasteiger charge is -2.20. The molecule has 0 saturated heterocycles. The summed E-state index contributed by atoms with van der Waals surface area (Å²) in [7, 11) is 0. The van der Waals surface area contributed by atoms with Gasteiger partial charge in [-0.3, -0.25) is 9.79 Å². The summed E-state index contributed by atoms with van der Waals surface area (Å²) >= 11 is 2.30. The molecule has 0 heterocycles. The molecule has 1 N–H and O–H groups in total. The van der Waals surface area contributed by atoms with Crippen LogP contribution in [-0.2, 0) is 11.2 Å². The first-order valence-corrected chi connectivity index (χ1v) is 12.5. The number of hydrogen-bond acceptors (Lipinski definition) is 2. The highest BCUT2D eigenvalue weighted by molar-refractivity contribution is 14.1. The van der Waals surface area contributed by atoms with Gasteiger partial charge in [0.25, 0.3) is 0 Å². The van der Waals surface area contributed by atoms with Crippen molar-refractivity contribution < 1.29 is 4.79 Å². The largest absolute Gasteiger partial charge is 0.348 e. The SMILES string of the molecule is C[C@H](NC(=O)[C@H](Cc1cccc(I)c1)N=C(c1ccccc1)c1ccccc1)c1ccccc1. The monoisotopic (exact) mass is 558 g/mol. The maximum absolute atomic E-state index is 13.6. The topological polar surface area (TPSA) is 41.5 Å². The van der Waals surface area contributed by atoms with E-state index in [1.807, 2.05) is 104 Å². The van der Waals surface area contributed by atoms with Gasteiger partial charge < -0.3 is 5.32 Å². The number of nitrogens with zero attached hydrogens (tertiary/aromatic N) is 1. The van der Waals surface area contributed by atoms with Crippen LogP contribution in [0.4, 0.5) is 0 Å². The number of rotatable bonds is 8. The average Bonchev–Trinajstić information content (AvgIpc) is 2.88. The molecule has 170 valence electrons. The zero-order valence-corrected chi connectivity index (χ0v) is 21.2. The summed E-state index contributed by atoms with van der Waals surface area (Å²) in [6.07, 6.45) is 0.521. The van der Waals surface area contributed by atoms with Gasteiger partial charge in [0.15, 0.2) is 0 Å². The Hall–Kier alpha value is -3.25. The molecule has 4 heteroatoms. The fourth-order valence-electron chi connectivity index (χ4n) is 3.88. The number of aliphatic imine (C=N–C) groups is 1. The molecule has 0 fully saturated rings. The first-order chi connectivity index (χ1) is 16.6. The third kappa shape index (κ3) is 6.41. The van der Waals surface area contributed by atoms with Crippen molar-refractivity contribution in [3.63, 3.8) is 0 Å². The molecule has 34 heavy (non-hydrogen) atoms. The Morgan fingerprint density at radius 2 is 1.35 bits per heavy atom. The van der Waals surface area contributed by atoms with Crippen molar-refractivity contribution in [3.8, 4) is 0 Å². The van der Waals surface area contributed by atoms with Crippen molar-refractivity contribution in [2.75, 3.05) is 0 Å². The average molecular weight is 558 g/mol. The second-order valence-electron chi connectivity index (χ2n) is 8.20. The normalized spacial score (nSPS) is 12.4. The van der Waals surface area contributed by atoms with Gasteiger partial charge in [-0.25, -0.2) is 0 Å². The van der Waals surface area contributed by atoms with Gasteiger partial charge in [0.1, 0.15) is 6.04 Å². The zero-order chi connectivity index (χ0) is 23.8. The molecule has 0 bridgehead atoms. The van der Waals surface area contributed by atoms with Crippen LogP contribution >= 0.6 is 22.6 Å². The highest BCUT2D eigenvalue weighted by atomic mass is 127. The Morgan fingerprint density at radius 3 is 1.91 bits per heavy atom. The fourth-order valence-corrected chi connectivity index (χ4v) is 4.49. The van der Waals surface area contributed by atoms with Gasteiger partial charge in [-0.2, -0.15) is 0 Å². The minimum atomic E-state index is -0.570. The molecule has 0 spiro atoms. The van der Waals surface area contributed by atoms with Crippen molar-refractivity contribution in [3.05, 3.63) is 141 Å². The molecule has 2 atom stereocenters. The second kappa shape index (κ2) is 11.7. The molecule has 0 radical (unpaired) electrons. The van der Waals surface area contributed by atoms with Gasteiger partial charge in [0, 0.05) is 21.1 Å². The summed E-state index contributed by atoms with van der Waals surface area (Å²) in [5.41, 5.74) is 4.96. The molecule has 1 amide bonds. The molecular weight excluding hydrogens is 531 g/mol. The smallest absolute Gasteiger partial charge is 0.245 e. The minimum Gasteiger partial charge on any atom is -0.348 e. The quantitative estimate of drug-likeness (QED) is 0.192.